The zero-order chi connectivity index (χ0) is 27.4. The van der Waals surface area contributed by atoms with Crippen molar-refractivity contribution in [3.05, 3.63) is 95.1 Å². The molecule has 0 unspecified atom stereocenters. The lowest BCUT2D eigenvalue weighted by Gasteiger charge is -2.31. The van der Waals surface area contributed by atoms with E-state index in [2.05, 4.69) is 4.90 Å². The molecule has 0 spiro atoms. The van der Waals surface area contributed by atoms with E-state index in [1.807, 2.05) is 61.1 Å². The molecule has 1 atom stereocenters. The van der Waals surface area contributed by atoms with Crippen LogP contribution in [0.1, 0.15) is 39.6 Å². The minimum Gasteiger partial charge on any atom is -0.379 e. The number of carbonyl (C=O) groups excluding carboxylic acids is 2. The summed E-state index contributed by atoms with van der Waals surface area (Å²) < 4.78 is 21.4. The number of ether oxygens (including phenoxy) is 1. The fourth-order valence-electron chi connectivity index (χ4n) is 5.08. The Bertz CT molecular complexity index is 1350. The van der Waals surface area contributed by atoms with Gasteiger partial charge in [-0.25, -0.2) is 9.40 Å². The molecule has 2 amide bonds. The maximum Gasteiger partial charge on any atom is 0.262 e. The molecule has 3 heterocycles. The Morgan fingerprint density at radius 1 is 1.08 bits per heavy atom. The lowest BCUT2D eigenvalue weighted by Crippen LogP contribution is -2.46. The lowest BCUT2D eigenvalue weighted by atomic mass is 9.99. The van der Waals surface area contributed by atoms with E-state index in [0.717, 1.165) is 35.6 Å². The molecule has 0 bridgehead atoms. The second-order valence-corrected chi connectivity index (χ2v) is 10.1. The van der Waals surface area contributed by atoms with Crippen molar-refractivity contribution in [2.24, 2.45) is 12.1 Å². The first-order valence-electron chi connectivity index (χ1n) is 13.3. The van der Waals surface area contributed by atoms with Crippen molar-refractivity contribution in [3.63, 3.8) is 0 Å². The Morgan fingerprint density at radius 2 is 1.85 bits per heavy atom. The number of hydrazone groups is 1. The van der Waals surface area contributed by atoms with Crippen LogP contribution in [-0.4, -0.2) is 82.8 Å². The normalized spacial score (nSPS) is 17.8. The highest BCUT2D eigenvalue weighted by Gasteiger charge is 2.35. The molecule has 1 saturated heterocycles. The van der Waals surface area contributed by atoms with Crippen LogP contribution in [0.15, 0.2) is 72.0 Å². The molecule has 39 heavy (non-hydrogen) atoms. The Kier molecular flexibility index (Phi) is 8.18. The number of aromatic nitrogens is 1. The van der Waals surface area contributed by atoms with Crippen molar-refractivity contribution in [1.82, 2.24) is 19.4 Å². The van der Waals surface area contributed by atoms with Gasteiger partial charge in [-0.1, -0.05) is 35.9 Å². The minimum absolute atomic E-state index is 0.161. The molecule has 0 saturated carbocycles. The Balaban J connectivity index is 1.41. The average Bonchev–Trinajstić information content (AvgIpc) is 3.58. The third-order valence-electron chi connectivity index (χ3n) is 7.34. The molecule has 1 aromatic heterocycles. The number of hydrogen-bond donors (Lipinski definition) is 0. The van der Waals surface area contributed by atoms with Gasteiger partial charge in [0.2, 0.25) is 0 Å². The Hall–Kier alpha value is -3.82. The Labute approximate surface area is 228 Å². The number of carbonyl (C=O) groups is 2. The summed E-state index contributed by atoms with van der Waals surface area (Å²) in [7, 11) is 1.95. The first-order valence-corrected chi connectivity index (χ1v) is 13.3. The zero-order valence-corrected chi connectivity index (χ0v) is 22.4. The first kappa shape index (κ1) is 26.8. The van der Waals surface area contributed by atoms with E-state index in [-0.39, 0.29) is 30.0 Å². The first-order chi connectivity index (χ1) is 18.9. The van der Waals surface area contributed by atoms with Gasteiger partial charge in [-0.2, -0.15) is 5.10 Å². The summed E-state index contributed by atoms with van der Waals surface area (Å²) in [5.41, 5.74) is 4.10. The second-order valence-electron chi connectivity index (χ2n) is 10.1. The molecule has 2 aromatic carbocycles. The van der Waals surface area contributed by atoms with Gasteiger partial charge in [-0.3, -0.25) is 14.5 Å². The second kappa shape index (κ2) is 11.9. The van der Waals surface area contributed by atoms with Crippen LogP contribution < -0.4 is 0 Å². The van der Waals surface area contributed by atoms with Crippen LogP contribution >= 0.6 is 0 Å². The maximum absolute atomic E-state index is 14.0. The molecule has 3 aromatic rings. The lowest BCUT2D eigenvalue weighted by molar-refractivity contribution is -0.133. The molecule has 1 fully saturated rings. The van der Waals surface area contributed by atoms with Crippen molar-refractivity contribution in [2.75, 3.05) is 45.9 Å². The van der Waals surface area contributed by atoms with Gasteiger partial charge in [0.25, 0.3) is 11.8 Å². The molecular weight excluding hydrogens is 497 g/mol. The van der Waals surface area contributed by atoms with Crippen LogP contribution in [-0.2, 0) is 16.6 Å². The van der Waals surface area contributed by atoms with Crippen molar-refractivity contribution < 1.29 is 18.7 Å². The molecular formula is C30H34FN5O3. The highest BCUT2D eigenvalue weighted by atomic mass is 19.1. The quantitative estimate of drug-likeness (QED) is 0.445. The molecule has 9 heteroatoms. The predicted octanol–water partition coefficient (Wildman–Crippen LogP) is 3.62. The smallest absolute Gasteiger partial charge is 0.262 e. The van der Waals surface area contributed by atoms with Gasteiger partial charge in [-0.05, 0) is 42.8 Å². The highest BCUT2D eigenvalue weighted by molar-refractivity contribution is 6.02. The molecule has 0 aliphatic carbocycles. The number of hydrogen-bond acceptors (Lipinski definition) is 5. The van der Waals surface area contributed by atoms with Gasteiger partial charge in [0.15, 0.2) is 0 Å². The molecule has 0 N–H and O–H groups in total. The van der Waals surface area contributed by atoms with Gasteiger partial charge in [0.1, 0.15) is 12.4 Å². The topological polar surface area (TPSA) is 70.4 Å². The monoisotopic (exact) mass is 531 g/mol. The van der Waals surface area contributed by atoms with Crippen molar-refractivity contribution >= 4 is 17.5 Å². The summed E-state index contributed by atoms with van der Waals surface area (Å²) in [6, 6.07) is 17.4. The third-order valence-corrected chi connectivity index (χ3v) is 7.34. The molecule has 5 rings (SSSR count). The molecule has 2 aliphatic rings. The van der Waals surface area contributed by atoms with E-state index < -0.39 is 5.82 Å². The number of rotatable bonds is 8. The largest absolute Gasteiger partial charge is 0.379 e. The summed E-state index contributed by atoms with van der Waals surface area (Å²) >= 11 is 0. The number of aryl methyl sites for hydroxylation is 2. The van der Waals surface area contributed by atoms with Crippen LogP contribution in [0.5, 0.6) is 0 Å². The van der Waals surface area contributed by atoms with Gasteiger partial charge in [-0.15, -0.1) is 0 Å². The molecule has 0 radical (unpaired) electrons. The molecule has 204 valence electrons. The summed E-state index contributed by atoms with van der Waals surface area (Å²) in [5, 5.41) is 6.30. The van der Waals surface area contributed by atoms with Gasteiger partial charge in [0.05, 0.1) is 30.7 Å². The highest BCUT2D eigenvalue weighted by Crippen LogP contribution is 2.33. The summed E-state index contributed by atoms with van der Waals surface area (Å²) in [6.45, 7) is 5.60. The van der Waals surface area contributed by atoms with E-state index >= 15 is 0 Å². The van der Waals surface area contributed by atoms with E-state index in [1.54, 1.807) is 6.07 Å². The SMILES string of the molecule is Cc1ccc([C@H]2CC(c3cccn3C)=NN2C(=O)CN(CCN2CCOCC2)C(=O)c2cccc(F)c2)cc1. The van der Waals surface area contributed by atoms with Gasteiger partial charge < -0.3 is 14.2 Å². The van der Waals surface area contributed by atoms with Crippen molar-refractivity contribution in [1.29, 1.82) is 0 Å². The summed E-state index contributed by atoms with van der Waals surface area (Å²) in [5.74, 6) is -1.15. The van der Waals surface area contributed by atoms with Crippen molar-refractivity contribution in [2.45, 2.75) is 19.4 Å². The van der Waals surface area contributed by atoms with Gasteiger partial charge >= 0.3 is 0 Å². The van der Waals surface area contributed by atoms with Crippen LogP contribution in [0, 0.1) is 12.7 Å². The average molecular weight is 532 g/mol. The van der Waals surface area contributed by atoms with Crippen LogP contribution in [0.2, 0.25) is 0 Å². The fourth-order valence-corrected chi connectivity index (χ4v) is 5.08. The fraction of sp³-hybridized carbons (Fsp3) is 0.367. The van der Waals surface area contributed by atoms with Crippen LogP contribution in [0.25, 0.3) is 0 Å². The Morgan fingerprint density at radius 3 is 2.54 bits per heavy atom. The maximum atomic E-state index is 14.0. The van der Waals surface area contributed by atoms with E-state index in [4.69, 9.17) is 9.84 Å². The number of amides is 2. The van der Waals surface area contributed by atoms with Crippen LogP contribution in [0.3, 0.4) is 0 Å². The number of nitrogens with zero attached hydrogens (tertiary/aromatic N) is 5. The predicted molar refractivity (Wildman–Crippen MR) is 147 cm³/mol. The van der Waals surface area contributed by atoms with Crippen molar-refractivity contribution in [3.8, 4) is 0 Å². The van der Waals surface area contributed by atoms with E-state index in [1.165, 1.54) is 28.1 Å². The zero-order valence-electron chi connectivity index (χ0n) is 22.4. The summed E-state index contributed by atoms with van der Waals surface area (Å²) in [6.07, 6.45) is 2.52. The number of benzene rings is 2. The van der Waals surface area contributed by atoms with E-state index in [9.17, 15) is 14.0 Å². The van der Waals surface area contributed by atoms with E-state index in [0.29, 0.717) is 32.7 Å². The standard InChI is InChI=1S/C30H34FN5O3/c1-22-8-10-23(11-9-22)28-20-26(27-7-4-12-33(27)2)32-36(28)29(37)21-35(14-13-34-15-17-39-18-16-34)30(38)24-5-3-6-25(31)19-24/h3-12,19,28H,13-18,20-21H2,1-2H3/t28-/m1/s1. The number of halogens is 1. The van der Waals surface area contributed by atoms with Crippen LogP contribution in [0.4, 0.5) is 4.39 Å². The third kappa shape index (κ3) is 6.26. The minimum atomic E-state index is -0.490. The number of morpholine rings is 1. The molecule has 2 aliphatic heterocycles. The van der Waals surface area contributed by atoms with Gasteiger partial charge in [0, 0.05) is 51.4 Å². The molecule has 8 nitrogen and oxygen atoms in total. The summed E-state index contributed by atoms with van der Waals surface area (Å²) in [4.78, 5) is 31.1.